The molecule has 18 heavy (non-hydrogen) atoms. The largest absolute Gasteiger partial charge is 0.367 e. The van der Waals surface area contributed by atoms with Crippen LogP contribution in [-0.4, -0.2) is 47.8 Å². The van der Waals surface area contributed by atoms with Crippen LogP contribution < -0.4 is 5.73 Å². The standard InChI is InChI=1S/C12H20N4O2/c1-16-4-5-17-10(7-16)11-14-12(18-15-11)8-2-3-9(13)6-8/h8-10H,2-7,13H2,1H3. The highest BCUT2D eigenvalue weighted by Gasteiger charge is 2.30. The molecule has 3 atom stereocenters. The minimum absolute atomic E-state index is 0.0590. The molecule has 2 fully saturated rings. The molecule has 6 nitrogen and oxygen atoms in total. The first-order chi connectivity index (χ1) is 8.72. The molecule has 3 unspecified atom stereocenters. The van der Waals surface area contributed by atoms with E-state index in [4.69, 9.17) is 15.0 Å². The summed E-state index contributed by atoms with van der Waals surface area (Å²) in [5.41, 5.74) is 5.91. The van der Waals surface area contributed by atoms with Crippen LogP contribution in [0, 0.1) is 0 Å². The molecule has 0 spiro atoms. The van der Waals surface area contributed by atoms with Crippen LogP contribution in [0.5, 0.6) is 0 Å². The van der Waals surface area contributed by atoms with Gasteiger partial charge in [0.05, 0.1) is 6.61 Å². The second kappa shape index (κ2) is 4.95. The average Bonchev–Trinajstić information content (AvgIpc) is 2.97. The molecular formula is C12H20N4O2. The van der Waals surface area contributed by atoms with E-state index in [1.165, 1.54) is 0 Å². The fourth-order valence-electron chi connectivity index (χ4n) is 2.72. The predicted molar refractivity (Wildman–Crippen MR) is 65.1 cm³/mol. The smallest absolute Gasteiger partial charge is 0.229 e. The first-order valence-electron chi connectivity index (χ1n) is 6.61. The second-order valence-corrected chi connectivity index (χ2v) is 5.38. The zero-order valence-electron chi connectivity index (χ0n) is 10.7. The molecule has 2 N–H and O–H groups in total. The second-order valence-electron chi connectivity index (χ2n) is 5.38. The lowest BCUT2D eigenvalue weighted by Gasteiger charge is -2.27. The van der Waals surface area contributed by atoms with Crippen molar-refractivity contribution < 1.29 is 9.26 Å². The molecule has 2 aliphatic rings. The first kappa shape index (κ1) is 12.1. The normalized spacial score (nSPS) is 34.0. The van der Waals surface area contributed by atoms with Crippen molar-refractivity contribution in [1.29, 1.82) is 0 Å². The molecule has 1 aromatic rings. The van der Waals surface area contributed by atoms with Gasteiger partial charge in [-0.2, -0.15) is 4.98 Å². The number of nitrogens with two attached hydrogens (primary N) is 1. The van der Waals surface area contributed by atoms with Crippen molar-refractivity contribution in [3.8, 4) is 0 Å². The van der Waals surface area contributed by atoms with Crippen molar-refractivity contribution in [2.24, 2.45) is 5.73 Å². The topological polar surface area (TPSA) is 77.4 Å². The maximum Gasteiger partial charge on any atom is 0.229 e. The van der Waals surface area contributed by atoms with Crippen LogP contribution in [0.2, 0.25) is 0 Å². The summed E-state index contributed by atoms with van der Waals surface area (Å²) in [4.78, 5) is 6.72. The van der Waals surface area contributed by atoms with Gasteiger partial charge in [-0.15, -0.1) is 0 Å². The highest BCUT2D eigenvalue weighted by Crippen LogP contribution is 2.33. The van der Waals surface area contributed by atoms with Crippen LogP contribution >= 0.6 is 0 Å². The van der Waals surface area contributed by atoms with E-state index < -0.39 is 0 Å². The molecule has 2 heterocycles. The summed E-state index contributed by atoms with van der Waals surface area (Å²) in [6, 6.07) is 0.280. The third-order valence-electron chi connectivity index (χ3n) is 3.84. The average molecular weight is 252 g/mol. The van der Waals surface area contributed by atoms with Crippen molar-refractivity contribution in [2.75, 3.05) is 26.7 Å². The van der Waals surface area contributed by atoms with Gasteiger partial charge in [-0.05, 0) is 26.3 Å². The molecule has 0 radical (unpaired) electrons. The molecule has 3 rings (SSSR count). The summed E-state index contributed by atoms with van der Waals surface area (Å²) < 4.78 is 11.1. The van der Waals surface area contributed by atoms with Crippen molar-refractivity contribution in [1.82, 2.24) is 15.0 Å². The maximum absolute atomic E-state index is 5.91. The Kier molecular flexibility index (Phi) is 3.32. The maximum atomic E-state index is 5.91. The van der Waals surface area contributed by atoms with Gasteiger partial charge in [0, 0.05) is 25.0 Å². The van der Waals surface area contributed by atoms with Gasteiger partial charge in [-0.3, -0.25) is 0 Å². The first-order valence-corrected chi connectivity index (χ1v) is 6.61. The van der Waals surface area contributed by atoms with Gasteiger partial charge in [-0.1, -0.05) is 5.16 Å². The molecule has 1 aliphatic heterocycles. The Labute approximate surface area is 106 Å². The fraction of sp³-hybridized carbons (Fsp3) is 0.833. The molecular weight excluding hydrogens is 232 g/mol. The monoisotopic (exact) mass is 252 g/mol. The number of ether oxygens (including phenoxy) is 1. The summed E-state index contributed by atoms with van der Waals surface area (Å²) in [6.45, 7) is 2.50. The Morgan fingerprint density at radius 3 is 3.00 bits per heavy atom. The van der Waals surface area contributed by atoms with E-state index in [1.807, 2.05) is 0 Å². The Balaban J connectivity index is 1.69. The van der Waals surface area contributed by atoms with E-state index in [2.05, 4.69) is 22.1 Å². The van der Waals surface area contributed by atoms with Crippen LogP contribution in [0.1, 0.15) is 43.0 Å². The third-order valence-corrected chi connectivity index (χ3v) is 3.84. The quantitative estimate of drug-likeness (QED) is 0.833. The minimum atomic E-state index is -0.0590. The summed E-state index contributed by atoms with van der Waals surface area (Å²) >= 11 is 0. The predicted octanol–water partition coefficient (Wildman–Crippen LogP) is 0.668. The van der Waals surface area contributed by atoms with Crippen LogP contribution in [0.25, 0.3) is 0 Å². The highest BCUT2D eigenvalue weighted by molar-refractivity contribution is 5.01. The molecule has 0 amide bonds. The zero-order valence-corrected chi connectivity index (χ0v) is 10.7. The Morgan fingerprint density at radius 1 is 1.39 bits per heavy atom. The number of aromatic nitrogens is 2. The Hall–Kier alpha value is -0.980. The van der Waals surface area contributed by atoms with Crippen LogP contribution in [0.3, 0.4) is 0 Å². The van der Waals surface area contributed by atoms with E-state index in [0.29, 0.717) is 11.7 Å². The number of rotatable bonds is 2. The lowest BCUT2D eigenvalue weighted by molar-refractivity contribution is -0.0264. The minimum Gasteiger partial charge on any atom is -0.367 e. The van der Waals surface area contributed by atoms with E-state index in [-0.39, 0.29) is 12.1 Å². The molecule has 6 heteroatoms. The van der Waals surface area contributed by atoms with Crippen LogP contribution in [0.15, 0.2) is 4.52 Å². The van der Waals surface area contributed by atoms with E-state index in [0.717, 1.165) is 44.8 Å². The number of likely N-dealkylation sites (N-methyl/N-ethyl adjacent to an activating group) is 1. The van der Waals surface area contributed by atoms with Gasteiger partial charge in [-0.25, -0.2) is 0 Å². The van der Waals surface area contributed by atoms with Crippen molar-refractivity contribution in [3.05, 3.63) is 11.7 Å². The molecule has 1 saturated carbocycles. The molecule has 1 aliphatic carbocycles. The Bertz CT molecular complexity index is 409. The lowest BCUT2D eigenvalue weighted by Crippen LogP contribution is -2.35. The van der Waals surface area contributed by atoms with E-state index in [1.54, 1.807) is 0 Å². The third kappa shape index (κ3) is 2.41. The molecule has 1 saturated heterocycles. The van der Waals surface area contributed by atoms with Gasteiger partial charge in [0.2, 0.25) is 11.7 Å². The number of morpholine rings is 1. The van der Waals surface area contributed by atoms with Gasteiger partial charge in [0.1, 0.15) is 6.10 Å². The highest BCUT2D eigenvalue weighted by atomic mass is 16.5. The van der Waals surface area contributed by atoms with Crippen molar-refractivity contribution >= 4 is 0 Å². The number of hydrogen-bond donors (Lipinski definition) is 1. The Morgan fingerprint density at radius 2 is 2.28 bits per heavy atom. The molecule has 100 valence electrons. The van der Waals surface area contributed by atoms with Gasteiger partial charge < -0.3 is 19.9 Å². The summed E-state index contributed by atoms with van der Waals surface area (Å²) in [7, 11) is 2.08. The van der Waals surface area contributed by atoms with Gasteiger partial charge >= 0.3 is 0 Å². The summed E-state index contributed by atoms with van der Waals surface area (Å²) in [6.07, 6.45) is 2.99. The van der Waals surface area contributed by atoms with Crippen molar-refractivity contribution in [3.63, 3.8) is 0 Å². The van der Waals surface area contributed by atoms with E-state index in [9.17, 15) is 0 Å². The van der Waals surface area contributed by atoms with Gasteiger partial charge in [0.25, 0.3) is 0 Å². The van der Waals surface area contributed by atoms with Crippen LogP contribution in [0.4, 0.5) is 0 Å². The zero-order chi connectivity index (χ0) is 12.5. The van der Waals surface area contributed by atoms with Gasteiger partial charge in [0.15, 0.2) is 0 Å². The molecule has 0 bridgehead atoms. The summed E-state index contributed by atoms with van der Waals surface area (Å²) in [5, 5.41) is 4.07. The fourth-order valence-corrected chi connectivity index (χ4v) is 2.72. The summed E-state index contributed by atoms with van der Waals surface area (Å²) in [5.74, 6) is 1.74. The number of hydrogen-bond acceptors (Lipinski definition) is 6. The number of nitrogens with zero attached hydrogens (tertiary/aromatic N) is 3. The van der Waals surface area contributed by atoms with Crippen LogP contribution in [-0.2, 0) is 4.74 Å². The van der Waals surface area contributed by atoms with Crippen molar-refractivity contribution in [2.45, 2.75) is 37.3 Å². The SMILES string of the molecule is CN1CCOC(c2noc(C3CCC(N)C3)n2)C1. The molecule has 1 aromatic heterocycles. The van der Waals surface area contributed by atoms with E-state index >= 15 is 0 Å². The molecule has 0 aromatic carbocycles. The lowest BCUT2D eigenvalue weighted by atomic mass is 10.1.